The molecule has 204 valence electrons. The maximum absolute atomic E-state index is 13.1. The van der Waals surface area contributed by atoms with Crippen molar-refractivity contribution in [3.63, 3.8) is 0 Å². The van der Waals surface area contributed by atoms with Gasteiger partial charge < -0.3 is 4.42 Å². The van der Waals surface area contributed by atoms with Gasteiger partial charge in [0.15, 0.2) is 10.1 Å². The molecular weight excluding hydrogens is 560 g/mol. The van der Waals surface area contributed by atoms with Crippen LogP contribution in [0.2, 0.25) is 0 Å². The van der Waals surface area contributed by atoms with Crippen LogP contribution in [0.3, 0.4) is 0 Å². The Bertz CT molecular complexity index is 1470. The number of oxazole rings is 1. The van der Waals surface area contributed by atoms with Crippen molar-refractivity contribution in [2.24, 2.45) is 0 Å². The standard InChI is InChI=1S/C28H33ClN2O4S3/c1-19(13-17-37(32)27-31-25(21(3)36-27)28(4)14-6-5-7-15-28)22-9-11-23(12-10-22)24-20(2)30-26(35-24)38(33,34)18-8-16-29/h5-7,9-12,14,19H,8,13,15-18H2,1-4H3. The van der Waals surface area contributed by atoms with Gasteiger partial charge in [-0.05, 0) is 44.6 Å². The average molecular weight is 593 g/mol. The van der Waals surface area contributed by atoms with E-state index in [9.17, 15) is 12.6 Å². The molecule has 6 nitrogen and oxygen atoms in total. The Morgan fingerprint density at radius 3 is 2.58 bits per heavy atom. The van der Waals surface area contributed by atoms with Crippen LogP contribution >= 0.6 is 22.9 Å². The van der Waals surface area contributed by atoms with Gasteiger partial charge in [0, 0.05) is 27.5 Å². The third-order valence-electron chi connectivity index (χ3n) is 6.83. The van der Waals surface area contributed by atoms with E-state index in [1.54, 1.807) is 6.92 Å². The Hall–Kier alpha value is -2.07. The van der Waals surface area contributed by atoms with E-state index in [0.29, 0.717) is 28.0 Å². The highest BCUT2D eigenvalue weighted by molar-refractivity contribution is 7.91. The molecule has 3 aromatic rings. The Morgan fingerprint density at radius 1 is 1.18 bits per heavy atom. The Kier molecular flexibility index (Phi) is 9.12. The predicted octanol–water partition coefficient (Wildman–Crippen LogP) is 6.89. The normalized spacial score (nSPS) is 19.1. The number of alkyl halides is 1. The van der Waals surface area contributed by atoms with Gasteiger partial charge in [0.2, 0.25) is 9.84 Å². The second-order valence-corrected chi connectivity index (χ2v) is 15.2. The molecule has 0 saturated heterocycles. The van der Waals surface area contributed by atoms with Gasteiger partial charge in [-0.15, -0.1) is 22.9 Å². The van der Waals surface area contributed by atoms with E-state index in [1.165, 1.54) is 11.3 Å². The molecule has 0 spiro atoms. The molecule has 2 aromatic heterocycles. The first-order valence-electron chi connectivity index (χ1n) is 12.6. The van der Waals surface area contributed by atoms with Gasteiger partial charge in [-0.1, -0.05) is 62.4 Å². The first-order chi connectivity index (χ1) is 18.0. The summed E-state index contributed by atoms with van der Waals surface area (Å²) in [5.41, 5.74) is 3.27. The van der Waals surface area contributed by atoms with Crippen molar-refractivity contribution in [2.45, 2.75) is 67.9 Å². The lowest BCUT2D eigenvalue weighted by Crippen LogP contribution is -2.21. The highest BCUT2D eigenvalue weighted by Crippen LogP contribution is 2.37. The summed E-state index contributed by atoms with van der Waals surface area (Å²) in [4.78, 5) is 10.1. The fourth-order valence-electron chi connectivity index (χ4n) is 4.51. The van der Waals surface area contributed by atoms with Gasteiger partial charge in [0.25, 0.3) is 0 Å². The molecule has 3 atom stereocenters. The summed E-state index contributed by atoms with van der Waals surface area (Å²) in [5.74, 6) is 1.34. The number of allylic oxidation sites excluding steroid dienone is 4. The van der Waals surface area contributed by atoms with Crippen molar-refractivity contribution in [3.05, 3.63) is 70.4 Å². The zero-order valence-corrected chi connectivity index (χ0v) is 25.3. The smallest absolute Gasteiger partial charge is 0.315 e. The van der Waals surface area contributed by atoms with Crippen LogP contribution in [0, 0.1) is 13.8 Å². The molecule has 38 heavy (non-hydrogen) atoms. The maximum atomic E-state index is 13.1. The van der Waals surface area contributed by atoms with Gasteiger partial charge in [-0.3, -0.25) is 4.21 Å². The molecule has 0 N–H and O–H groups in total. The number of hydrogen-bond donors (Lipinski definition) is 0. The van der Waals surface area contributed by atoms with E-state index in [1.807, 2.05) is 24.3 Å². The fourth-order valence-corrected chi connectivity index (χ4v) is 8.69. The summed E-state index contributed by atoms with van der Waals surface area (Å²) in [6, 6.07) is 7.83. The number of rotatable bonds is 11. The second-order valence-electron chi connectivity index (χ2n) is 9.91. The third-order valence-corrected chi connectivity index (χ3v) is 11.3. The number of hydrogen-bond acceptors (Lipinski definition) is 7. The Morgan fingerprint density at radius 2 is 1.92 bits per heavy atom. The highest BCUT2D eigenvalue weighted by Gasteiger charge is 2.30. The van der Waals surface area contributed by atoms with Crippen LogP contribution in [-0.4, -0.2) is 40.0 Å². The lowest BCUT2D eigenvalue weighted by atomic mass is 9.80. The molecule has 0 saturated carbocycles. The molecule has 4 rings (SSSR count). The molecular formula is C28H33ClN2O4S3. The number of benzene rings is 1. The summed E-state index contributed by atoms with van der Waals surface area (Å²) >= 11 is 7.18. The number of nitrogens with zero attached hydrogens (tertiary/aromatic N) is 2. The van der Waals surface area contributed by atoms with Gasteiger partial charge in [-0.2, -0.15) is 0 Å². The summed E-state index contributed by atoms with van der Waals surface area (Å²) in [6.07, 6.45) is 10.4. The summed E-state index contributed by atoms with van der Waals surface area (Å²) in [5, 5.41) is -0.263. The lowest BCUT2D eigenvalue weighted by molar-refractivity contribution is 0.440. The van der Waals surface area contributed by atoms with Crippen LogP contribution in [0.15, 0.2) is 62.5 Å². The molecule has 0 bridgehead atoms. The van der Waals surface area contributed by atoms with Crippen molar-refractivity contribution in [2.75, 3.05) is 17.4 Å². The first-order valence-corrected chi connectivity index (χ1v) is 16.9. The highest BCUT2D eigenvalue weighted by atomic mass is 35.5. The molecule has 1 aromatic carbocycles. The first kappa shape index (κ1) is 28.9. The predicted molar refractivity (Wildman–Crippen MR) is 155 cm³/mol. The third kappa shape index (κ3) is 6.38. The molecule has 0 radical (unpaired) electrons. The molecule has 0 amide bonds. The molecule has 1 aliphatic rings. The van der Waals surface area contributed by atoms with Gasteiger partial charge in [0.1, 0.15) is 0 Å². The molecule has 0 aliphatic heterocycles. The van der Waals surface area contributed by atoms with E-state index in [2.05, 4.69) is 50.1 Å². The van der Waals surface area contributed by atoms with Crippen molar-refractivity contribution >= 4 is 43.6 Å². The minimum absolute atomic E-state index is 0.0939. The Balaban J connectivity index is 1.40. The molecule has 0 fully saturated rings. The summed E-state index contributed by atoms with van der Waals surface area (Å²) in [7, 11) is -4.76. The van der Waals surface area contributed by atoms with E-state index in [0.717, 1.165) is 34.5 Å². The van der Waals surface area contributed by atoms with Crippen LogP contribution in [0.25, 0.3) is 11.3 Å². The quantitative estimate of drug-likeness (QED) is 0.225. The lowest BCUT2D eigenvalue weighted by Gasteiger charge is -2.25. The van der Waals surface area contributed by atoms with Crippen molar-refractivity contribution in [1.82, 2.24) is 9.97 Å². The number of halogens is 1. The van der Waals surface area contributed by atoms with Crippen LogP contribution in [0.5, 0.6) is 0 Å². The van der Waals surface area contributed by atoms with Crippen molar-refractivity contribution < 1.29 is 17.0 Å². The molecule has 2 heterocycles. The van der Waals surface area contributed by atoms with Crippen molar-refractivity contribution in [1.29, 1.82) is 0 Å². The van der Waals surface area contributed by atoms with Gasteiger partial charge in [-0.25, -0.2) is 18.4 Å². The van der Waals surface area contributed by atoms with Crippen LogP contribution < -0.4 is 0 Å². The summed E-state index contributed by atoms with van der Waals surface area (Å²) < 4.78 is 44.3. The summed E-state index contributed by atoms with van der Waals surface area (Å²) in [6.45, 7) is 8.09. The molecule has 1 aliphatic carbocycles. The van der Waals surface area contributed by atoms with E-state index in [4.69, 9.17) is 21.0 Å². The van der Waals surface area contributed by atoms with Crippen LogP contribution in [0.4, 0.5) is 0 Å². The monoisotopic (exact) mass is 592 g/mol. The Labute approximate surface area is 236 Å². The van der Waals surface area contributed by atoms with Gasteiger partial charge >= 0.3 is 5.22 Å². The second kappa shape index (κ2) is 12.0. The van der Waals surface area contributed by atoms with E-state index >= 15 is 0 Å². The zero-order valence-electron chi connectivity index (χ0n) is 22.1. The maximum Gasteiger partial charge on any atom is 0.315 e. The minimum atomic E-state index is -3.61. The molecule has 3 unspecified atom stereocenters. The minimum Gasteiger partial charge on any atom is -0.428 e. The van der Waals surface area contributed by atoms with Gasteiger partial charge in [0.05, 0.1) is 27.9 Å². The molecule has 10 heteroatoms. The number of aryl methyl sites for hydroxylation is 2. The van der Waals surface area contributed by atoms with E-state index in [-0.39, 0.29) is 28.2 Å². The topological polar surface area (TPSA) is 90.1 Å². The fraction of sp³-hybridized carbons (Fsp3) is 0.429. The SMILES string of the molecule is Cc1nc(S(=O)(=O)CCCCl)oc1-c1ccc(C(C)CCS(=O)c2nc(C3(C)C=CC=CC3)c(C)s2)cc1. The van der Waals surface area contributed by atoms with Crippen LogP contribution in [0.1, 0.15) is 60.9 Å². The zero-order chi connectivity index (χ0) is 27.5. The van der Waals surface area contributed by atoms with E-state index < -0.39 is 20.6 Å². The number of aromatic nitrogens is 2. The van der Waals surface area contributed by atoms with Crippen molar-refractivity contribution in [3.8, 4) is 11.3 Å². The number of sulfone groups is 1. The average Bonchev–Trinajstić information content (AvgIpc) is 3.50. The largest absolute Gasteiger partial charge is 0.428 e. The number of thiazole rings is 1. The van der Waals surface area contributed by atoms with Crippen LogP contribution in [-0.2, 0) is 26.1 Å².